The predicted octanol–water partition coefficient (Wildman–Crippen LogP) is 2.49. The van der Waals surface area contributed by atoms with Crippen molar-refractivity contribution in [3.05, 3.63) is 46.6 Å². The van der Waals surface area contributed by atoms with Crippen molar-refractivity contribution >= 4 is 21.6 Å². The molecule has 0 aliphatic rings. The van der Waals surface area contributed by atoms with E-state index >= 15 is 0 Å². The highest BCUT2D eigenvalue weighted by atomic mass is 35.5. The summed E-state index contributed by atoms with van der Waals surface area (Å²) in [5, 5.41) is 5.17. The van der Waals surface area contributed by atoms with Crippen LogP contribution in [0, 0.1) is 5.82 Å². The van der Waals surface area contributed by atoms with Crippen LogP contribution in [0.5, 0.6) is 0 Å². The monoisotopic (exact) mass is 331 g/mol. The molecule has 0 amide bonds. The van der Waals surface area contributed by atoms with E-state index in [1.54, 1.807) is 16.7 Å². The number of nitrogens with two attached hydrogens (primary N) is 1. The molecule has 2 rings (SSSR count). The van der Waals surface area contributed by atoms with Crippen LogP contribution in [-0.2, 0) is 16.6 Å². The lowest BCUT2D eigenvalue weighted by Crippen LogP contribution is -2.12. The number of benzene rings is 1. The number of sulfonamides is 1. The van der Waals surface area contributed by atoms with Crippen molar-refractivity contribution in [2.75, 3.05) is 0 Å². The summed E-state index contributed by atoms with van der Waals surface area (Å²) in [5.41, 5.74) is 0.389. The van der Waals surface area contributed by atoms with Crippen molar-refractivity contribution < 1.29 is 12.8 Å². The first kappa shape index (κ1) is 15.9. The van der Waals surface area contributed by atoms with Crippen LogP contribution in [0.3, 0.4) is 0 Å². The van der Waals surface area contributed by atoms with Crippen molar-refractivity contribution in [1.29, 1.82) is 0 Å². The summed E-state index contributed by atoms with van der Waals surface area (Å²) in [6, 6.07) is 4.34. The Bertz CT molecular complexity index is 772. The highest BCUT2D eigenvalue weighted by Gasteiger charge is 2.19. The average Bonchev–Trinajstić information content (AvgIpc) is 2.76. The summed E-state index contributed by atoms with van der Waals surface area (Å²) in [7, 11) is -3.89. The number of nitrogens with zero attached hydrogens (tertiary/aromatic N) is 2. The first-order valence-corrected chi connectivity index (χ1v) is 8.14. The van der Waals surface area contributed by atoms with Gasteiger partial charge in [0.25, 0.3) is 10.0 Å². The van der Waals surface area contributed by atoms with Crippen LogP contribution in [-0.4, -0.2) is 18.0 Å². The molecule has 0 atom stereocenters. The number of halogens is 2. The van der Waals surface area contributed by atoms with E-state index in [1.807, 2.05) is 13.8 Å². The molecule has 1 heterocycles. The molecule has 0 unspecified atom stereocenters. The van der Waals surface area contributed by atoms with Gasteiger partial charge in [-0.1, -0.05) is 31.5 Å². The Balaban J connectivity index is 2.45. The second kappa shape index (κ2) is 5.75. The minimum atomic E-state index is -3.89. The number of aromatic nitrogens is 2. The molecule has 0 fully saturated rings. The molecule has 21 heavy (non-hydrogen) atoms. The smallest absolute Gasteiger partial charge is 0.257 e. The number of hydrogen-bond donors (Lipinski definition) is 1. The van der Waals surface area contributed by atoms with Gasteiger partial charge in [-0.2, -0.15) is 0 Å². The van der Waals surface area contributed by atoms with Crippen LogP contribution >= 0.6 is 11.6 Å². The van der Waals surface area contributed by atoms with Gasteiger partial charge < -0.3 is 4.57 Å². The van der Waals surface area contributed by atoms with Gasteiger partial charge in [0.15, 0.2) is 5.03 Å². The molecule has 114 valence electrons. The molecule has 1 aromatic carbocycles. The number of primary sulfonamides is 1. The van der Waals surface area contributed by atoms with E-state index in [0.717, 1.165) is 0 Å². The molecule has 2 N–H and O–H groups in total. The maximum absolute atomic E-state index is 13.8. The van der Waals surface area contributed by atoms with Gasteiger partial charge >= 0.3 is 0 Å². The first-order chi connectivity index (χ1) is 9.68. The van der Waals surface area contributed by atoms with Crippen LogP contribution in [0.2, 0.25) is 5.02 Å². The van der Waals surface area contributed by atoms with Gasteiger partial charge in [0.05, 0.1) is 6.54 Å². The van der Waals surface area contributed by atoms with Crippen molar-refractivity contribution in [1.82, 2.24) is 9.55 Å². The average molecular weight is 332 g/mol. The minimum absolute atomic E-state index is 0.0316. The van der Waals surface area contributed by atoms with E-state index < -0.39 is 15.8 Å². The number of rotatable bonds is 4. The molecule has 0 saturated heterocycles. The lowest BCUT2D eigenvalue weighted by atomic mass is 10.2. The minimum Gasteiger partial charge on any atom is -0.329 e. The molecule has 0 aliphatic heterocycles. The summed E-state index contributed by atoms with van der Waals surface area (Å²) in [6.07, 6.45) is 1.32. The zero-order valence-corrected chi connectivity index (χ0v) is 13.1. The summed E-state index contributed by atoms with van der Waals surface area (Å²) < 4.78 is 38.2. The Hall–Kier alpha value is -1.44. The Labute approximate surface area is 127 Å². The molecule has 1 aromatic heterocycles. The third-order valence-corrected chi connectivity index (χ3v) is 3.96. The maximum atomic E-state index is 13.8. The zero-order valence-electron chi connectivity index (χ0n) is 11.5. The van der Waals surface area contributed by atoms with Crippen molar-refractivity contribution in [2.24, 2.45) is 5.14 Å². The number of imidazole rings is 1. The van der Waals surface area contributed by atoms with Crippen LogP contribution in [0.15, 0.2) is 29.4 Å². The quantitative estimate of drug-likeness (QED) is 0.935. The first-order valence-electron chi connectivity index (χ1n) is 6.22. The molecular formula is C13H15ClFN3O2S. The van der Waals surface area contributed by atoms with Crippen molar-refractivity contribution in [3.63, 3.8) is 0 Å². The second-order valence-electron chi connectivity index (χ2n) is 5.00. The SMILES string of the molecule is CC(C)c1nc(S(N)(=O)=O)cn1Cc1ccc(Cl)cc1F. The van der Waals surface area contributed by atoms with Gasteiger partial charge in [-0.05, 0) is 12.1 Å². The normalized spacial score (nSPS) is 12.1. The standard InChI is InChI=1S/C13H15ClFN3O2S/c1-8(2)13-17-12(21(16,19)20)7-18(13)6-9-3-4-10(14)5-11(9)15/h3-5,7-8H,6H2,1-2H3,(H2,16,19,20). The molecule has 0 bridgehead atoms. The third-order valence-electron chi connectivity index (χ3n) is 2.95. The third kappa shape index (κ3) is 3.61. The summed E-state index contributed by atoms with van der Waals surface area (Å²) in [6.45, 7) is 3.88. The predicted molar refractivity (Wildman–Crippen MR) is 78.2 cm³/mol. The zero-order chi connectivity index (χ0) is 15.8. The Kier molecular flexibility index (Phi) is 4.36. The maximum Gasteiger partial charge on any atom is 0.257 e. The van der Waals surface area contributed by atoms with Crippen LogP contribution in [0.4, 0.5) is 4.39 Å². The van der Waals surface area contributed by atoms with Gasteiger partial charge in [-0.3, -0.25) is 0 Å². The molecule has 5 nitrogen and oxygen atoms in total. The van der Waals surface area contributed by atoms with Gasteiger partial charge in [-0.15, -0.1) is 0 Å². The van der Waals surface area contributed by atoms with E-state index in [0.29, 0.717) is 16.4 Å². The Morgan fingerprint density at radius 2 is 2.10 bits per heavy atom. The highest BCUT2D eigenvalue weighted by Crippen LogP contribution is 2.20. The van der Waals surface area contributed by atoms with Crippen LogP contribution in [0.25, 0.3) is 0 Å². The Morgan fingerprint density at radius 3 is 2.62 bits per heavy atom. The van der Waals surface area contributed by atoms with Gasteiger partial charge in [-0.25, -0.2) is 22.9 Å². The van der Waals surface area contributed by atoms with E-state index in [-0.39, 0.29) is 17.5 Å². The molecule has 0 aliphatic carbocycles. The van der Waals surface area contributed by atoms with Crippen LogP contribution < -0.4 is 5.14 Å². The highest BCUT2D eigenvalue weighted by molar-refractivity contribution is 7.89. The van der Waals surface area contributed by atoms with E-state index in [4.69, 9.17) is 16.7 Å². The summed E-state index contributed by atoms with van der Waals surface area (Å²) >= 11 is 5.71. The summed E-state index contributed by atoms with van der Waals surface area (Å²) in [4.78, 5) is 4.03. The second-order valence-corrected chi connectivity index (χ2v) is 6.95. The fourth-order valence-electron chi connectivity index (χ4n) is 1.96. The molecule has 8 heteroatoms. The fraction of sp³-hybridized carbons (Fsp3) is 0.308. The fourth-order valence-corrected chi connectivity index (χ4v) is 2.62. The van der Waals surface area contributed by atoms with E-state index in [2.05, 4.69) is 4.98 Å². The van der Waals surface area contributed by atoms with Crippen molar-refractivity contribution in [2.45, 2.75) is 31.3 Å². The molecule has 0 radical (unpaired) electrons. The van der Waals surface area contributed by atoms with Gasteiger partial charge in [0.2, 0.25) is 0 Å². The van der Waals surface area contributed by atoms with Crippen molar-refractivity contribution in [3.8, 4) is 0 Å². The Morgan fingerprint density at radius 1 is 1.43 bits per heavy atom. The molecule has 0 spiro atoms. The largest absolute Gasteiger partial charge is 0.329 e. The van der Waals surface area contributed by atoms with Crippen LogP contribution in [0.1, 0.15) is 31.2 Å². The topological polar surface area (TPSA) is 78.0 Å². The molecular weight excluding hydrogens is 317 g/mol. The van der Waals surface area contributed by atoms with Gasteiger partial charge in [0.1, 0.15) is 11.6 Å². The summed E-state index contributed by atoms with van der Waals surface area (Å²) in [5.74, 6) is 0.0345. The molecule has 2 aromatic rings. The lowest BCUT2D eigenvalue weighted by molar-refractivity contribution is 0.588. The lowest BCUT2D eigenvalue weighted by Gasteiger charge is -2.10. The van der Waals surface area contributed by atoms with Gasteiger partial charge in [0, 0.05) is 22.7 Å². The van der Waals surface area contributed by atoms with E-state index in [9.17, 15) is 12.8 Å². The van der Waals surface area contributed by atoms with E-state index in [1.165, 1.54) is 12.3 Å². The number of hydrogen-bond acceptors (Lipinski definition) is 3. The molecule has 0 saturated carbocycles.